The molecule has 0 saturated heterocycles. The molecule has 0 spiro atoms. The molecule has 0 fully saturated rings. The third-order valence-electron chi connectivity index (χ3n) is 3.27. The van der Waals surface area contributed by atoms with Crippen molar-refractivity contribution in [2.45, 2.75) is 0 Å². The topological polar surface area (TPSA) is 47.0 Å². The Kier molecular flexibility index (Phi) is 3.39. The Morgan fingerprint density at radius 1 is 1.14 bits per heavy atom. The molecule has 3 rings (SSSR count). The highest BCUT2D eigenvalue weighted by Crippen LogP contribution is 2.25. The number of methoxy groups -OCH3 is 1. The number of rotatable bonds is 3. The van der Waals surface area contributed by atoms with Gasteiger partial charge in [0.15, 0.2) is 11.6 Å². The number of fused-ring (bicyclic) bond motifs is 1. The number of pyridine rings is 2. The van der Waals surface area contributed by atoms with Crippen LogP contribution in [-0.4, -0.2) is 24.1 Å². The normalized spacial score (nSPS) is 10.6. The first kappa shape index (κ1) is 13.3. The minimum Gasteiger partial charge on any atom is -0.497 e. The predicted octanol–water partition coefficient (Wildman–Crippen LogP) is 3.49. The van der Waals surface area contributed by atoms with Gasteiger partial charge in [-0.1, -0.05) is 6.07 Å². The van der Waals surface area contributed by atoms with E-state index in [-0.39, 0.29) is 5.82 Å². The molecule has 0 radical (unpaired) electrons. The van der Waals surface area contributed by atoms with Gasteiger partial charge in [0, 0.05) is 24.2 Å². The number of nitrogens with zero attached hydrogens (tertiary/aromatic N) is 2. The van der Waals surface area contributed by atoms with E-state index in [9.17, 15) is 4.39 Å². The number of halogens is 1. The summed E-state index contributed by atoms with van der Waals surface area (Å²) in [4.78, 5) is 8.57. The minimum absolute atomic E-state index is 0.226. The lowest BCUT2D eigenvalue weighted by atomic mass is 10.1. The number of ether oxygens (including phenoxy) is 1. The Balaban J connectivity index is 2.06. The molecule has 0 bridgehead atoms. The van der Waals surface area contributed by atoms with Crippen LogP contribution in [0, 0.1) is 5.82 Å². The molecule has 4 nitrogen and oxygen atoms in total. The second-order valence-corrected chi connectivity index (χ2v) is 4.56. The van der Waals surface area contributed by atoms with E-state index in [4.69, 9.17) is 4.74 Å². The first-order chi connectivity index (χ1) is 10.2. The van der Waals surface area contributed by atoms with Crippen molar-refractivity contribution >= 4 is 16.7 Å². The molecule has 106 valence electrons. The zero-order valence-electron chi connectivity index (χ0n) is 11.7. The average Bonchev–Trinajstić information content (AvgIpc) is 2.53. The van der Waals surface area contributed by atoms with E-state index in [0.29, 0.717) is 11.3 Å². The number of nitrogens with one attached hydrogen (secondary N) is 1. The standard InChI is InChI=1S/C16H14FN3O/c1-18-16-13(17)8-11(9-19-16)15-5-3-10-7-12(21-2)4-6-14(10)20-15/h3-9H,1-2H3,(H,18,19). The van der Waals surface area contributed by atoms with E-state index in [1.807, 2.05) is 30.3 Å². The van der Waals surface area contributed by atoms with E-state index in [0.717, 1.165) is 16.7 Å². The Bertz CT molecular complexity index is 805. The Labute approximate surface area is 121 Å². The molecule has 0 atom stereocenters. The van der Waals surface area contributed by atoms with Gasteiger partial charge in [-0.3, -0.25) is 0 Å². The summed E-state index contributed by atoms with van der Waals surface area (Å²) in [6, 6.07) is 10.8. The van der Waals surface area contributed by atoms with Crippen LogP contribution in [0.25, 0.3) is 22.2 Å². The molecule has 0 saturated carbocycles. The maximum atomic E-state index is 13.8. The van der Waals surface area contributed by atoms with Crippen LogP contribution in [0.4, 0.5) is 10.2 Å². The van der Waals surface area contributed by atoms with Crippen molar-refractivity contribution < 1.29 is 9.13 Å². The van der Waals surface area contributed by atoms with E-state index in [1.165, 1.54) is 6.07 Å². The highest BCUT2D eigenvalue weighted by Gasteiger charge is 2.07. The van der Waals surface area contributed by atoms with E-state index in [1.54, 1.807) is 20.4 Å². The third kappa shape index (κ3) is 2.50. The maximum Gasteiger partial charge on any atom is 0.166 e. The van der Waals surface area contributed by atoms with Crippen LogP contribution in [0.1, 0.15) is 0 Å². The van der Waals surface area contributed by atoms with Crippen molar-refractivity contribution in [2.75, 3.05) is 19.5 Å². The van der Waals surface area contributed by atoms with Gasteiger partial charge in [-0.15, -0.1) is 0 Å². The van der Waals surface area contributed by atoms with Gasteiger partial charge in [0.1, 0.15) is 5.75 Å². The van der Waals surface area contributed by atoms with Crippen molar-refractivity contribution in [1.29, 1.82) is 0 Å². The van der Waals surface area contributed by atoms with Gasteiger partial charge in [0.2, 0.25) is 0 Å². The molecule has 0 aliphatic heterocycles. The van der Waals surface area contributed by atoms with E-state index in [2.05, 4.69) is 15.3 Å². The number of anilines is 1. The molecule has 0 aliphatic carbocycles. The largest absolute Gasteiger partial charge is 0.497 e. The summed E-state index contributed by atoms with van der Waals surface area (Å²) in [7, 11) is 3.26. The summed E-state index contributed by atoms with van der Waals surface area (Å²) in [5.41, 5.74) is 2.15. The Morgan fingerprint density at radius 2 is 2.00 bits per heavy atom. The highest BCUT2D eigenvalue weighted by molar-refractivity contribution is 5.82. The summed E-state index contributed by atoms with van der Waals surface area (Å²) < 4.78 is 19.0. The van der Waals surface area contributed by atoms with Gasteiger partial charge >= 0.3 is 0 Å². The summed E-state index contributed by atoms with van der Waals surface area (Å²) >= 11 is 0. The second kappa shape index (κ2) is 5.36. The van der Waals surface area contributed by atoms with Crippen LogP contribution in [-0.2, 0) is 0 Å². The number of hydrogen-bond acceptors (Lipinski definition) is 4. The highest BCUT2D eigenvalue weighted by atomic mass is 19.1. The lowest BCUT2D eigenvalue weighted by Gasteiger charge is -2.06. The SMILES string of the molecule is CNc1ncc(-c2ccc3cc(OC)ccc3n2)cc1F. The van der Waals surface area contributed by atoms with E-state index < -0.39 is 5.82 Å². The number of benzene rings is 1. The lowest BCUT2D eigenvalue weighted by Crippen LogP contribution is -1.97. The van der Waals surface area contributed by atoms with Crippen LogP contribution in [0.15, 0.2) is 42.6 Å². The van der Waals surface area contributed by atoms with Crippen molar-refractivity contribution in [3.63, 3.8) is 0 Å². The van der Waals surface area contributed by atoms with Gasteiger partial charge in [-0.2, -0.15) is 0 Å². The molecule has 3 aromatic rings. The Hall–Kier alpha value is -2.69. The van der Waals surface area contributed by atoms with Crippen LogP contribution < -0.4 is 10.1 Å². The smallest absolute Gasteiger partial charge is 0.166 e. The molecule has 21 heavy (non-hydrogen) atoms. The van der Waals surface area contributed by atoms with E-state index >= 15 is 0 Å². The fourth-order valence-corrected chi connectivity index (χ4v) is 2.15. The quantitative estimate of drug-likeness (QED) is 0.799. The molecule has 1 aromatic carbocycles. The monoisotopic (exact) mass is 283 g/mol. The molecule has 2 aromatic heterocycles. The molecule has 0 amide bonds. The number of hydrogen-bond donors (Lipinski definition) is 1. The molecule has 0 unspecified atom stereocenters. The average molecular weight is 283 g/mol. The molecule has 0 aliphatic rings. The summed E-state index contributed by atoms with van der Waals surface area (Å²) in [6.07, 6.45) is 1.60. The second-order valence-electron chi connectivity index (χ2n) is 4.56. The molecule has 1 N–H and O–H groups in total. The van der Waals surface area contributed by atoms with Gasteiger partial charge in [0.25, 0.3) is 0 Å². The van der Waals surface area contributed by atoms with Gasteiger partial charge < -0.3 is 10.1 Å². The van der Waals surface area contributed by atoms with Crippen molar-refractivity contribution in [1.82, 2.24) is 9.97 Å². The van der Waals surface area contributed by atoms with Gasteiger partial charge in [0.05, 0.1) is 18.3 Å². The predicted molar refractivity (Wildman–Crippen MR) is 81.0 cm³/mol. The fraction of sp³-hybridized carbons (Fsp3) is 0.125. The number of aromatic nitrogens is 2. The van der Waals surface area contributed by atoms with Gasteiger partial charge in [-0.25, -0.2) is 14.4 Å². The van der Waals surface area contributed by atoms with Crippen molar-refractivity contribution in [3.8, 4) is 17.0 Å². The fourth-order valence-electron chi connectivity index (χ4n) is 2.15. The first-order valence-corrected chi connectivity index (χ1v) is 6.50. The van der Waals surface area contributed by atoms with Crippen molar-refractivity contribution in [3.05, 3.63) is 48.4 Å². The third-order valence-corrected chi connectivity index (χ3v) is 3.27. The molecular formula is C16H14FN3O. The zero-order valence-corrected chi connectivity index (χ0v) is 11.7. The molecule has 2 heterocycles. The minimum atomic E-state index is -0.397. The maximum absolute atomic E-state index is 13.8. The van der Waals surface area contributed by atoms with Crippen LogP contribution in [0.2, 0.25) is 0 Å². The van der Waals surface area contributed by atoms with Gasteiger partial charge in [-0.05, 0) is 30.3 Å². The van der Waals surface area contributed by atoms with Crippen molar-refractivity contribution in [2.24, 2.45) is 0 Å². The Morgan fingerprint density at radius 3 is 2.71 bits per heavy atom. The molecule has 5 heteroatoms. The zero-order chi connectivity index (χ0) is 14.8. The van der Waals surface area contributed by atoms with Crippen LogP contribution in [0.3, 0.4) is 0 Å². The van der Waals surface area contributed by atoms with Crippen LogP contribution in [0.5, 0.6) is 5.75 Å². The summed E-state index contributed by atoms with van der Waals surface area (Å²) in [5.74, 6) is 0.610. The first-order valence-electron chi connectivity index (χ1n) is 6.50. The summed E-state index contributed by atoms with van der Waals surface area (Å²) in [6.45, 7) is 0. The molecular weight excluding hydrogens is 269 g/mol. The summed E-state index contributed by atoms with van der Waals surface area (Å²) in [5, 5.41) is 3.67. The van der Waals surface area contributed by atoms with Crippen LogP contribution >= 0.6 is 0 Å². The lowest BCUT2D eigenvalue weighted by molar-refractivity contribution is 0.415.